The second kappa shape index (κ2) is 6.49. The predicted octanol–water partition coefficient (Wildman–Crippen LogP) is 3.98. The van der Waals surface area contributed by atoms with Gasteiger partial charge in [-0.3, -0.25) is 14.6 Å². The van der Waals surface area contributed by atoms with Crippen molar-refractivity contribution in [3.05, 3.63) is 76.6 Å². The van der Waals surface area contributed by atoms with Crippen molar-refractivity contribution in [3.8, 4) is 0 Å². The van der Waals surface area contributed by atoms with E-state index in [1.807, 2.05) is 17.5 Å². The van der Waals surface area contributed by atoms with Crippen LogP contribution in [0.5, 0.6) is 0 Å². The van der Waals surface area contributed by atoms with Crippen LogP contribution in [0.15, 0.2) is 64.7 Å². The molecule has 0 spiro atoms. The number of carbonyl (C=O) groups is 2. The van der Waals surface area contributed by atoms with E-state index < -0.39 is 5.92 Å². The van der Waals surface area contributed by atoms with Crippen LogP contribution in [0.1, 0.15) is 38.3 Å². The van der Waals surface area contributed by atoms with Gasteiger partial charge in [0.15, 0.2) is 11.5 Å². The third-order valence-corrected chi connectivity index (χ3v) is 4.29. The van der Waals surface area contributed by atoms with Crippen LogP contribution < -0.4 is 0 Å². The number of hydrogen-bond acceptors (Lipinski definition) is 5. The minimum Gasteiger partial charge on any atom is -0.461 e. The second-order valence-electron chi connectivity index (χ2n) is 4.75. The summed E-state index contributed by atoms with van der Waals surface area (Å²) >= 11 is 1.46. The summed E-state index contributed by atoms with van der Waals surface area (Å²) in [4.78, 5) is 29.9. The maximum atomic E-state index is 12.6. The highest BCUT2D eigenvalue weighted by Crippen LogP contribution is 2.29. The van der Waals surface area contributed by atoms with E-state index in [2.05, 4.69) is 4.98 Å². The van der Waals surface area contributed by atoms with Crippen molar-refractivity contribution >= 4 is 22.9 Å². The van der Waals surface area contributed by atoms with Gasteiger partial charge in [0.1, 0.15) is 5.69 Å². The highest BCUT2D eigenvalue weighted by Gasteiger charge is 2.28. The van der Waals surface area contributed by atoms with Crippen LogP contribution in [0.2, 0.25) is 0 Å². The zero-order chi connectivity index (χ0) is 15.4. The van der Waals surface area contributed by atoms with Crippen LogP contribution in [0, 0.1) is 0 Å². The normalized spacial score (nSPS) is 12.0. The molecule has 110 valence electrons. The van der Waals surface area contributed by atoms with Gasteiger partial charge in [-0.1, -0.05) is 12.1 Å². The van der Waals surface area contributed by atoms with Gasteiger partial charge in [-0.05, 0) is 35.7 Å². The SMILES string of the molecule is O=C(CC(C(=O)c1ccco1)c1cccs1)c1ccccn1. The minimum absolute atomic E-state index is 0.0804. The fraction of sp³-hybridized carbons (Fsp3) is 0.118. The number of furan rings is 1. The summed E-state index contributed by atoms with van der Waals surface area (Å²) in [5.74, 6) is -0.608. The van der Waals surface area contributed by atoms with Crippen molar-refractivity contribution in [1.29, 1.82) is 0 Å². The van der Waals surface area contributed by atoms with Crippen molar-refractivity contribution < 1.29 is 14.0 Å². The number of ketones is 2. The van der Waals surface area contributed by atoms with E-state index in [1.165, 1.54) is 17.6 Å². The molecule has 3 heterocycles. The lowest BCUT2D eigenvalue weighted by atomic mass is 9.93. The summed E-state index contributed by atoms with van der Waals surface area (Å²) in [6.07, 6.45) is 3.11. The summed E-state index contributed by atoms with van der Waals surface area (Å²) < 4.78 is 5.19. The van der Waals surface area contributed by atoms with E-state index in [9.17, 15) is 9.59 Å². The molecule has 3 aromatic heterocycles. The number of aromatic nitrogens is 1. The molecule has 0 aliphatic carbocycles. The lowest BCUT2D eigenvalue weighted by Gasteiger charge is -2.12. The van der Waals surface area contributed by atoms with E-state index >= 15 is 0 Å². The molecule has 0 N–H and O–H groups in total. The van der Waals surface area contributed by atoms with E-state index in [-0.39, 0.29) is 23.7 Å². The molecule has 0 amide bonds. The Balaban J connectivity index is 1.87. The first-order valence-corrected chi connectivity index (χ1v) is 7.69. The molecule has 0 aliphatic heterocycles. The standard InChI is InChI=1S/C17H13NO3S/c19-14(13-5-1-2-8-18-13)11-12(16-7-4-10-22-16)17(20)15-6-3-9-21-15/h1-10,12H,11H2. The lowest BCUT2D eigenvalue weighted by Crippen LogP contribution is -2.16. The molecule has 0 saturated carbocycles. The molecular weight excluding hydrogens is 298 g/mol. The van der Waals surface area contributed by atoms with Crippen molar-refractivity contribution in [2.24, 2.45) is 0 Å². The molecule has 3 rings (SSSR count). The number of carbonyl (C=O) groups excluding carboxylic acids is 2. The van der Waals surface area contributed by atoms with Gasteiger partial charge in [0.05, 0.1) is 12.2 Å². The van der Waals surface area contributed by atoms with Gasteiger partial charge >= 0.3 is 0 Å². The maximum absolute atomic E-state index is 12.6. The highest BCUT2D eigenvalue weighted by molar-refractivity contribution is 7.10. The Morgan fingerprint density at radius 2 is 2.05 bits per heavy atom. The van der Waals surface area contributed by atoms with E-state index in [4.69, 9.17) is 4.42 Å². The molecule has 1 unspecified atom stereocenters. The van der Waals surface area contributed by atoms with Crippen LogP contribution in [0.3, 0.4) is 0 Å². The molecule has 4 nitrogen and oxygen atoms in total. The Morgan fingerprint density at radius 1 is 1.14 bits per heavy atom. The van der Waals surface area contributed by atoms with E-state index in [0.717, 1.165) is 4.88 Å². The fourth-order valence-electron chi connectivity index (χ4n) is 2.22. The zero-order valence-corrected chi connectivity index (χ0v) is 12.5. The molecule has 0 aromatic carbocycles. The average Bonchev–Trinajstić information content (AvgIpc) is 3.25. The monoisotopic (exact) mass is 311 g/mol. The third kappa shape index (κ3) is 3.04. The van der Waals surface area contributed by atoms with Crippen LogP contribution >= 0.6 is 11.3 Å². The molecule has 22 heavy (non-hydrogen) atoms. The van der Waals surface area contributed by atoms with Gasteiger partial charge < -0.3 is 4.42 Å². The third-order valence-electron chi connectivity index (χ3n) is 3.31. The van der Waals surface area contributed by atoms with E-state index in [0.29, 0.717) is 5.69 Å². The first-order valence-electron chi connectivity index (χ1n) is 6.81. The molecule has 0 saturated heterocycles. The summed E-state index contributed by atoms with van der Waals surface area (Å²) in [5, 5.41) is 1.89. The molecule has 1 atom stereocenters. The number of thiophene rings is 1. The second-order valence-corrected chi connectivity index (χ2v) is 5.73. The van der Waals surface area contributed by atoms with Gasteiger partial charge in [-0.25, -0.2) is 0 Å². The lowest BCUT2D eigenvalue weighted by molar-refractivity contribution is 0.0876. The fourth-order valence-corrected chi connectivity index (χ4v) is 3.05. The first-order chi connectivity index (χ1) is 10.8. The first kappa shape index (κ1) is 14.4. The van der Waals surface area contributed by atoms with Crippen LogP contribution in [0.25, 0.3) is 0 Å². The molecule has 3 aromatic rings. The Hall–Kier alpha value is -2.53. The number of nitrogens with zero attached hydrogens (tertiary/aromatic N) is 1. The van der Waals surface area contributed by atoms with Crippen LogP contribution in [-0.4, -0.2) is 16.6 Å². The van der Waals surface area contributed by atoms with Gasteiger partial charge in [-0.2, -0.15) is 0 Å². The number of hydrogen-bond donors (Lipinski definition) is 0. The Bertz CT molecular complexity index is 749. The van der Waals surface area contributed by atoms with Crippen molar-refractivity contribution in [2.75, 3.05) is 0 Å². The molecule has 0 aliphatic rings. The van der Waals surface area contributed by atoms with Crippen molar-refractivity contribution in [3.63, 3.8) is 0 Å². The molecule has 5 heteroatoms. The van der Waals surface area contributed by atoms with Gasteiger partial charge in [0.25, 0.3) is 0 Å². The Kier molecular flexibility index (Phi) is 4.25. The topological polar surface area (TPSA) is 60.2 Å². The van der Waals surface area contributed by atoms with Gasteiger partial charge in [0.2, 0.25) is 5.78 Å². The largest absolute Gasteiger partial charge is 0.461 e. The van der Waals surface area contributed by atoms with Crippen LogP contribution in [-0.2, 0) is 0 Å². The van der Waals surface area contributed by atoms with Crippen LogP contribution in [0.4, 0.5) is 0 Å². The zero-order valence-electron chi connectivity index (χ0n) is 11.6. The highest BCUT2D eigenvalue weighted by atomic mass is 32.1. The van der Waals surface area contributed by atoms with E-state index in [1.54, 1.807) is 36.5 Å². The summed E-state index contributed by atoms with van der Waals surface area (Å²) in [7, 11) is 0. The smallest absolute Gasteiger partial charge is 0.206 e. The van der Waals surface area contributed by atoms with Gasteiger partial charge in [-0.15, -0.1) is 11.3 Å². The Morgan fingerprint density at radius 3 is 2.68 bits per heavy atom. The molecule has 0 bridgehead atoms. The maximum Gasteiger partial charge on any atom is 0.206 e. The molecule has 0 radical (unpaired) electrons. The Labute approximate surface area is 131 Å². The van der Waals surface area contributed by atoms with Gasteiger partial charge in [0, 0.05) is 17.5 Å². The summed E-state index contributed by atoms with van der Waals surface area (Å²) in [5.41, 5.74) is 0.372. The average molecular weight is 311 g/mol. The predicted molar refractivity (Wildman–Crippen MR) is 83.3 cm³/mol. The molecule has 0 fully saturated rings. The van der Waals surface area contributed by atoms with Crippen molar-refractivity contribution in [2.45, 2.75) is 12.3 Å². The van der Waals surface area contributed by atoms with Crippen molar-refractivity contribution in [1.82, 2.24) is 4.98 Å². The quantitative estimate of drug-likeness (QED) is 0.646. The number of Topliss-reactive ketones (excluding diaryl/α,β-unsaturated/α-hetero) is 2. The summed E-state index contributed by atoms with van der Waals surface area (Å²) in [6.45, 7) is 0. The minimum atomic E-state index is -0.541. The molecular formula is C17H13NO3S. The number of pyridine rings is 1. The number of rotatable bonds is 6. The summed E-state index contributed by atoms with van der Waals surface area (Å²) in [6, 6.07) is 12.2.